The van der Waals surface area contributed by atoms with Gasteiger partial charge in [-0.15, -0.1) is 0 Å². The van der Waals surface area contributed by atoms with Crippen LogP contribution in [0.4, 0.5) is 0 Å². The highest BCUT2D eigenvalue weighted by Gasteiger charge is 2.28. The zero-order chi connectivity index (χ0) is 14.3. The van der Waals surface area contributed by atoms with Crippen molar-refractivity contribution in [2.45, 2.75) is 51.7 Å². The molecule has 0 aromatic rings. The molecule has 110 valence electrons. The summed E-state index contributed by atoms with van der Waals surface area (Å²) in [7, 11) is 1.80. The number of hydrogen-bond donors (Lipinski definition) is 1. The van der Waals surface area contributed by atoms with Gasteiger partial charge < -0.3 is 9.64 Å². The lowest BCUT2D eigenvalue weighted by Crippen LogP contribution is -2.48. The largest absolute Gasteiger partial charge is 0.380 e. The highest BCUT2D eigenvalue weighted by atomic mass is 16.5. The van der Waals surface area contributed by atoms with E-state index in [4.69, 9.17) is 4.74 Å². The summed E-state index contributed by atoms with van der Waals surface area (Å²) in [5.74, 6) is 0.641. The van der Waals surface area contributed by atoms with Gasteiger partial charge in [0.05, 0.1) is 12.2 Å². The van der Waals surface area contributed by atoms with Gasteiger partial charge >= 0.3 is 0 Å². The molecule has 4 nitrogen and oxygen atoms in total. The zero-order valence-corrected chi connectivity index (χ0v) is 12.9. The van der Waals surface area contributed by atoms with E-state index < -0.39 is 5.54 Å². The number of piperidine rings is 1. The molecule has 1 aliphatic rings. The van der Waals surface area contributed by atoms with Gasteiger partial charge in [-0.25, -0.2) is 0 Å². The highest BCUT2D eigenvalue weighted by Crippen LogP contribution is 2.20. The third kappa shape index (κ3) is 5.10. The van der Waals surface area contributed by atoms with Crippen LogP contribution in [0.3, 0.4) is 0 Å². The second-order valence-corrected chi connectivity index (χ2v) is 5.96. The Bertz CT molecular complexity index is 302. The summed E-state index contributed by atoms with van der Waals surface area (Å²) in [6.07, 6.45) is 3.45. The van der Waals surface area contributed by atoms with Crippen LogP contribution in [0.15, 0.2) is 0 Å². The Labute approximate surface area is 118 Å². The van der Waals surface area contributed by atoms with E-state index in [1.54, 1.807) is 7.11 Å². The highest BCUT2D eigenvalue weighted by molar-refractivity contribution is 5.04. The fourth-order valence-corrected chi connectivity index (χ4v) is 2.57. The van der Waals surface area contributed by atoms with Crippen LogP contribution >= 0.6 is 0 Å². The third-order valence-corrected chi connectivity index (χ3v) is 4.22. The van der Waals surface area contributed by atoms with Crippen molar-refractivity contribution in [2.75, 3.05) is 33.3 Å². The molecule has 1 saturated heterocycles. The van der Waals surface area contributed by atoms with Crippen molar-refractivity contribution in [1.29, 1.82) is 5.26 Å². The number of rotatable bonds is 7. The van der Waals surface area contributed by atoms with Crippen LogP contribution in [0.2, 0.25) is 0 Å². The maximum atomic E-state index is 9.33. The minimum Gasteiger partial charge on any atom is -0.380 e. The Kier molecular flexibility index (Phi) is 6.78. The van der Waals surface area contributed by atoms with Crippen molar-refractivity contribution in [3.63, 3.8) is 0 Å². The number of hydrogen-bond acceptors (Lipinski definition) is 4. The van der Waals surface area contributed by atoms with Gasteiger partial charge in [0.25, 0.3) is 0 Å². The summed E-state index contributed by atoms with van der Waals surface area (Å²) in [4.78, 5) is 2.43. The lowest BCUT2D eigenvalue weighted by molar-refractivity contribution is -0.00633. The van der Waals surface area contributed by atoms with Gasteiger partial charge in [0.2, 0.25) is 0 Å². The van der Waals surface area contributed by atoms with Crippen molar-refractivity contribution in [3.05, 3.63) is 0 Å². The molecule has 1 aliphatic heterocycles. The maximum absolute atomic E-state index is 9.33. The van der Waals surface area contributed by atoms with Gasteiger partial charge in [-0.05, 0) is 45.2 Å². The summed E-state index contributed by atoms with van der Waals surface area (Å²) >= 11 is 0. The molecule has 0 aromatic carbocycles. The molecule has 0 bridgehead atoms. The summed E-state index contributed by atoms with van der Waals surface area (Å²) in [5, 5.41) is 12.7. The molecule has 0 aliphatic carbocycles. The van der Waals surface area contributed by atoms with E-state index in [1.165, 1.54) is 6.42 Å². The molecule has 1 rings (SSSR count). The van der Waals surface area contributed by atoms with Gasteiger partial charge in [0, 0.05) is 20.2 Å². The monoisotopic (exact) mass is 267 g/mol. The van der Waals surface area contributed by atoms with Crippen LogP contribution in [-0.2, 0) is 4.74 Å². The van der Waals surface area contributed by atoms with Crippen LogP contribution in [0.25, 0.3) is 0 Å². The first-order valence-electron chi connectivity index (χ1n) is 7.46. The van der Waals surface area contributed by atoms with Gasteiger partial charge in [0.1, 0.15) is 5.54 Å². The molecule has 1 fully saturated rings. The Hall–Kier alpha value is -0.630. The van der Waals surface area contributed by atoms with Crippen LogP contribution in [0.1, 0.15) is 40.0 Å². The molecule has 0 saturated carbocycles. The van der Waals surface area contributed by atoms with E-state index in [-0.39, 0.29) is 0 Å². The first kappa shape index (κ1) is 16.4. The van der Waals surface area contributed by atoms with Crippen molar-refractivity contribution >= 4 is 0 Å². The zero-order valence-electron chi connectivity index (χ0n) is 12.9. The third-order valence-electron chi connectivity index (χ3n) is 4.22. The topological polar surface area (TPSA) is 48.3 Å². The number of likely N-dealkylation sites (tertiary alicyclic amines) is 1. The summed E-state index contributed by atoms with van der Waals surface area (Å²) in [6.45, 7) is 10.4. The standard InChI is InChI=1S/C15H29N3O/c1-5-8-17-15(3,12-16)7-10-18-9-6-13(2)14(11-18)19-4/h13-14,17H,5-11H2,1-4H3. The van der Waals surface area contributed by atoms with Crippen molar-refractivity contribution < 1.29 is 4.74 Å². The van der Waals surface area contributed by atoms with Gasteiger partial charge in [-0.3, -0.25) is 5.32 Å². The normalized spacial score (nSPS) is 27.7. The molecule has 0 radical (unpaired) electrons. The van der Waals surface area contributed by atoms with Crippen molar-refractivity contribution in [1.82, 2.24) is 10.2 Å². The first-order valence-corrected chi connectivity index (χ1v) is 7.46. The average molecular weight is 267 g/mol. The smallest absolute Gasteiger partial charge is 0.105 e. The molecule has 1 heterocycles. The fraction of sp³-hybridized carbons (Fsp3) is 0.933. The molecule has 0 amide bonds. The lowest BCUT2D eigenvalue weighted by Gasteiger charge is -2.37. The predicted molar refractivity (Wildman–Crippen MR) is 77.9 cm³/mol. The van der Waals surface area contributed by atoms with E-state index in [1.807, 2.05) is 6.92 Å². The van der Waals surface area contributed by atoms with E-state index in [2.05, 4.69) is 30.1 Å². The predicted octanol–water partition coefficient (Wildman–Crippen LogP) is 2.02. The number of nitrogens with zero attached hydrogens (tertiary/aromatic N) is 2. The molecule has 0 spiro atoms. The number of nitriles is 1. The van der Waals surface area contributed by atoms with E-state index in [0.717, 1.165) is 39.0 Å². The minimum absolute atomic E-state index is 0.339. The van der Waals surface area contributed by atoms with Crippen molar-refractivity contribution in [2.24, 2.45) is 5.92 Å². The Morgan fingerprint density at radius 2 is 2.26 bits per heavy atom. The van der Waals surface area contributed by atoms with E-state index in [0.29, 0.717) is 12.0 Å². The van der Waals surface area contributed by atoms with Crippen LogP contribution < -0.4 is 5.32 Å². The van der Waals surface area contributed by atoms with Crippen LogP contribution in [0, 0.1) is 17.2 Å². The number of methoxy groups -OCH3 is 1. The molecule has 0 aromatic heterocycles. The molecular formula is C15H29N3O. The fourth-order valence-electron chi connectivity index (χ4n) is 2.57. The Morgan fingerprint density at radius 3 is 2.84 bits per heavy atom. The molecule has 4 heteroatoms. The van der Waals surface area contributed by atoms with E-state index in [9.17, 15) is 5.26 Å². The molecular weight excluding hydrogens is 238 g/mol. The van der Waals surface area contributed by atoms with Gasteiger partial charge in [-0.2, -0.15) is 5.26 Å². The SMILES string of the molecule is CCCNC(C)(C#N)CCN1CCC(C)C(OC)C1. The van der Waals surface area contributed by atoms with E-state index >= 15 is 0 Å². The number of ether oxygens (including phenoxy) is 1. The van der Waals surface area contributed by atoms with Gasteiger partial charge in [0.15, 0.2) is 0 Å². The summed E-state index contributed by atoms with van der Waals surface area (Å²) in [6, 6.07) is 2.42. The summed E-state index contributed by atoms with van der Waals surface area (Å²) < 4.78 is 5.53. The number of nitrogens with one attached hydrogen (secondary N) is 1. The minimum atomic E-state index is -0.401. The average Bonchev–Trinajstić information content (AvgIpc) is 2.44. The molecule has 19 heavy (non-hydrogen) atoms. The lowest BCUT2D eigenvalue weighted by atomic mass is 9.94. The maximum Gasteiger partial charge on any atom is 0.105 e. The molecule has 3 unspecified atom stereocenters. The second-order valence-electron chi connectivity index (χ2n) is 5.96. The van der Waals surface area contributed by atoms with Crippen LogP contribution in [-0.4, -0.2) is 49.8 Å². The molecule has 3 atom stereocenters. The van der Waals surface area contributed by atoms with Crippen molar-refractivity contribution in [3.8, 4) is 6.07 Å². The van der Waals surface area contributed by atoms with Crippen LogP contribution in [0.5, 0.6) is 0 Å². The Morgan fingerprint density at radius 1 is 1.53 bits per heavy atom. The summed E-state index contributed by atoms with van der Waals surface area (Å²) in [5.41, 5.74) is -0.401. The molecule has 1 N–H and O–H groups in total. The quantitative estimate of drug-likeness (QED) is 0.766. The van der Waals surface area contributed by atoms with Gasteiger partial charge in [-0.1, -0.05) is 13.8 Å². The Balaban J connectivity index is 2.41. The first-order chi connectivity index (χ1) is 9.04. The second kappa shape index (κ2) is 7.84.